The summed E-state index contributed by atoms with van der Waals surface area (Å²) in [6.07, 6.45) is 3.95. The summed E-state index contributed by atoms with van der Waals surface area (Å²) in [5.41, 5.74) is 2.05. The Kier molecular flexibility index (Phi) is 5.27. The molecule has 0 aliphatic heterocycles. The zero-order chi connectivity index (χ0) is 12.7. The highest BCUT2D eigenvalue weighted by Gasteiger charge is 2.06. The zero-order valence-electron chi connectivity index (χ0n) is 10.4. The van der Waals surface area contributed by atoms with Gasteiger partial charge in [0.1, 0.15) is 5.75 Å². The maximum absolute atomic E-state index is 11.2. The molecule has 0 aliphatic carbocycles. The van der Waals surface area contributed by atoms with Crippen LogP contribution in [0.5, 0.6) is 5.75 Å². The molecule has 17 heavy (non-hydrogen) atoms. The van der Waals surface area contributed by atoms with Gasteiger partial charge in [0.05, 0.1) is 20.6 Å². The van der Waals surface area contributed by atoms with E-state index in [1.165, 1.54) is 7.11 Å². The minimum atomic E-state index is -0.243. The van der Waals surface area contributed by atoms with Crippen molar-refractivity contribution in [1.82, 2.24) is 0 Å². The van der Waals surface area contributed by atoms with Crippen LogP contribution in [0, 0.1) is 0 Å². The van der Waals surface area contributed by atoms with Crippen molar-refractivity contribution < 1.29 is 14.3 Å². The van der Waals surface area contributed by atoms with Gasteiger partial charge in [-0.05, 0) is 36.1 Å². The predicted octanol–water partition coefficient (Wildman–Crippen LogP) is 2.53. The molecule has 1 rings (SSSR count). The van der Waals surface area contributed by atoms with Crippen LogP contribution in [-0.2, 0) is 22.4 Å². The predicted molar refractivity (Wildman–Crippen MR) is 67.2 cm³/mol. The Morgan fingerprint density at radius 1 is 1.29 bits per heavy atom. The second kappa shape index (κ2) is 6.74. The Balaban J connectivity index is 2.88. The van der Waals surface area contributed by atoms with Crippen LogP contribution in [0.3, 0.4) is 0 Å². The molecular weight excluding hydrogens is 216 g/mol. The molecule has 0 aromatic heterocycles. The lowest BCUT2D eigenvalue weighted by Gasteiger charge is -2.08. The summed E-state index contributed by atoms with van der Waals surface area (Å²) < 4.78 is 9.87. The van der Waals surface area contributed by atoms with Crippen LogP contribution in [0.2, 0.25) is 0 Å². The topological polar surface area (TPSA) is 35.5 Å². The molecule has 0 N–H and O–H groups in total. The first kappa shape index (κ1) is 13.3. The Morgan fingerprint density at radius 3 is 2.59 bits per heavy atom. The van der Waals surface area contributed by atoms with E-state index in [1.807, 2.05) is 24.3 Å². The molecular formula is C14H18O3. The monoisotopic (exact) mass is 234 g/mol. The third-order valence-corrected chi connectivity index (χ3v) is 2.48. The molecule has 0 fully saturated rings. The Morgan fingerprint density at radius 2 is 2.00 bits per heavy atom. The fraction of sp³-hybridized carbons (Fsp3) is 0.357. The molecule has 0 unspecified atom stereocenters. The van der Waals surface area contributed by atoms with E-state index in [0.717, 1.165) is 29.7 Å². The van der Waals surface area contributed by atoms with Crippen LogP contribution in [-0.4, -0.2) is 20.2 Å². The first-order valence-corrected chi connectivity index (χ1v) is 5.54. The summed E-state index contributed by atoms with van der Waals surface area (Å²) >= 11 is 0. The van der Waals surface area contributed by atoms with E-state index in [1.54, 1.807) is 7.11 Å². The molecule has 0 bridgehead atoms. The molecule has 0 aliphatic rings. The fourth-order valence-corrected chi connectivity index (χ4v) is 1.60. The number of carbonyl (C=O) groups excluding carboxylic acids is 1. The van der Waals surface area contributed by atoms with E-state index >= 15 is 0 Å². The minimum Gasteiger partial charge on any atom is -0.497 e. The molecule has 3 heteroatoms. The second-order valence-corrected chi connectivity index (χ2v) is 3.77. The van der Waals surface area contributed by atoms with E-state index < -0.39 is 0 Å². The highest BCUT2D eigenvalue weighted by Crippen LogP contribution is 2.19. The first-order chi connectivity index (χ1) is 8.19. The fourth-order valence-electron chi connectivity index (χ4n) is 1.60. The zero-order valence-corrected chi connectivity index (χ0v) is 10.4. The number of allylic oxidation sites excluding steroid dienone is 1. The van der Waals surface area contributed by atoms with Crippen molar-refractivity contribution in [2.45, 2.75) is 19.3 Å². The SMILES string of the molecule is C=CCCc1cc(CC(=O)OC)cc(OC)c1. The first-order valence-electron chi connectivity index (χ1n) is 5.54. The van der Waals surface area contributed by atoms with E-state index in [-0.39, 0.29) is 12.4 Å². The molecule has 0 radical (unpaired) electrons. The van der Waals surface area contributed by atoms with Gasteiger partial charge in [0.2, 0.25) is 0 Å². The van der Waals surface area contributed by atoms with Crippen molar-refractivity contribution in [3.8, 4) is 5.75 Å². The van der Waals surface area contributed by atoms with Crippen molar-refractivity contribution in [1.29, 1.82) is 0 Å². The number of benzene rings is 1. The summed E-state index contributed by atoms with van der Waals surface area (Å²) in [6.45, 7) is 3.70. The van der Waals surface area contributed by atoms with Crippen LogP contribution in [0.15, 0.2) is 30.9 Å². The lowest BCUT2D eigenvalue weighted by molar-refractivity contribution is -0.139. The van der Waals surface area contributed by atoms with Gasteiger partial charge in [-0.1, -0.05) is 12.1 Å². The number of aryl methyl sites for hydroxylation is 1. The smallest absolute Gasteiger partial charge is 0.309 e. The van der Waals surface area contributed by atoms with Gasteiger partial charge in [-0.15, -0.1) is 6.58 Å². The van der Waals surface area contributed by atoms with Gasteiger partial charge in [-0.3, -0.25) is 4.79 Å². The van der Waals surface area contributed by atoms with Crippen LogP contribution in [0.1, 0.15) is 17.5 Å². The number of rotatable bonds is 6. The molecule has 0 spiro atoms. The van der Waals surface area contributed by atoms with E-state index in [2.05, 4.69) is 11.3 Å². The lowest BCUT2D eigenvalue weighted by Crippen LogP contribution is -2.05. The molecule has 92 valence electrons. The second-order valence-electron chi connectivity index (χ2n) is 3.77. The number of carbonyl (C=O) groups is 1. The van der Waals surface area contributed by atoms with E-state index in [0.29, 0.717) is 0 Å². The quantitative estimate of drug-likeness (QED) is 0.560. The maximum Gasteiger partial charge on any atom is 0.309 e. The minimum absolute atomic E-state index is 0.243. The van der Waals surface area contributed by atoms with Crippen molar-refractivity contribution in [3.05, 3.63) is 42.0 Å². The Hall–Kier alpha value is -1.77. The average molecular weight is 234 g/mol. The van der Waals surface area contributed by atoms with Gasteiger partial charge < -0.3 is 9.47 Å². The molecule has 1 aromatic carbocycles. The highest BCUT2D eigenvalue weighted by molar-refractivity contribution is 5.72. The Labute approximate surface area is 102 Å². The lowest BCUT2D eigenvalue weighted by atomic mass is 10.0. The molecule has 0 amide bonds. The van der Waals surface area contributed by atoms with Gasteiger partial charge >= 0.3 is 5.97 Å². The van der Waals surface area contributed by atoms with Gasteiger partial charge in [-0.25, -0.2) is 0 Å². The van der Waals surface area contributed by atoms with Crippen LogP contribution in [0.4, 0.5) is 0 Å². The van der Waals surface area contributed by atoms with Crippen LogP contribution in [0.25, 0.3) is 0 Å². The number of hydrogen-bond donors (Lipinski definition) is 0. The van der Waals surface area contributed by atoms with E-state index in [4.69, 9.17) is 4.74 Å². The normalized spacial score (nSPS) is 9.76. The van der Waals surface area contributed by atoms with Crippen molar-refractivity contribution >= 4 is 5.97 Å². The van der Waals surface area contributed by atoms with Gasteiger partial charge in [0, 0.05) is 0 Å². The number of methoxy groups -OCH3 is 2. The molecule has 0 saturated carbocycles. The summed E-state index contributed by atoms with van der Waals surface area (Å²) in [5.74, 6) is 0.526. The Bertz CT molecular complexity index is 396. The summed E-state index contributed by atoms with van der Waals surface area (Å²) in [6, 6.07) is 5.83. The largest absolute Gasteiger partial charge is 0.497 e. The summed E-state index contributed by atoms with van der Waals surface area (Å²) in [4.78, 5) is 11.2. The highest BCUT2D eigenvalue weighted by atomic mass is 16.5. The standard InChI is InChI=1S/C14H18O3/c1-4-5-6-11-7-12(10-14(15)17-3)9-13(8-11)16-2/h4,7-9H,1,5-6,10H2,2-3H3. The molecule has 0 saturated heterocycles. The molecule has 3 nitrogen and oxygen atoms in total. The number of hydrogen-bond acceptors (Lipinski definition) is 3. The molecule has 1 aromatic rings. The molecule has 0 atom stereocenters. The number of ether oxygens (including phenoxy) is 2. The van der Waals surface area contributed by atoms with Gasteiger partial charge in [0.25, 0.3) is 0 Å². The average Bonchev–Trinajstić information content (AvgIpc) is 2.35. The molecule has 0 heterocycles. The van der Waals surface area contributed by atoms with Crippen LogP contribution < -0.4 is 4.74 Å². The number of esters is 1. The van der Waals surface area contributed by atoms with Gasteiger partial charge in [0.15, 0.2) is 0 Å². The van der Waals surface area contributed by atoms with Crippen LogP contribution >= 0.6 is 0 Å². The van der Waals surface area contributed by atoms with Crippen molar-refractivity contribution in [3.63, 3.8) is 0 Å². The summed E-state index contributed by atoms with van der Waals surface area (Å²) in [5, 5.41) is 0. The van der Waals surface area contributed by atoms with Crippen molar-refractivity contribution in [2.24, 2.45) is 0 Å². The van der Waals surface area contributed by atoms with Gasteiger partial charge in [-0.2, -0.15) is 0 Å². The summed E-state index contributed by atoms with van der Waals surface area (Å²) in [7, 11) is 3.01. The third-order valence-electron chi connectivity index (χ3n) is 2.48. The van der Waals surface area contributed by atoms with Crippen molar-refractivity contribution in [2.75, 3.05) is 14.2 Å². The maximum atomic E-state index is 11.2. The van der Waals surface area contributed by atoms with E-state index in [9.17, 15) is 4.79 Å². The third kappa shape index (κ3) is 4.31.